The standard InChI is InChI=1S/C13H20N4/c14-6-10-17(13-4-1-2-5-13)9-3-8-16-11-7-15-12-16/h7,11-13H,1-5,8-10H2. The molecule has 0 atom stereocenters. The van der Waals surface area contributed by atoms with E-state index >= 15 is 0 Å². The molecule has 2 rings (SSSR count). The van der Waals surface area contributed by atoms with Crippen LogP contribution in [0.25, 0.3) is 0 Å². The lowest BCUT2D eigenvalue weighted by Gasteiger charge is -2.26. The lowest BCUT2D eigenvalue weighted by Crippen LogP contribution is -2.34. The third-order valence-electron chi connectivity index (χ3n) is 3.54. The molecule has 4 heteroatoms. The van der Waals surface area contributed by atoms with Crippen LogP contribution < -0.4 is 0 Å². The minimum absolute atomic E-state index is 0.578. The summed E-state index contributed by atoms with van der Waals surface area (Å²) in [6.07, 6.45) is 11.9. The van der Waals surface area contributed by atoms with Crippen LogP contribution in [0, 0.1) is 11.3 Å². The first-order chi connectivity index (χ1) is 8.40. The first-order valence-electron chi connectivity index (χ1n) is 6.47. The van der Waals surface area contributed by atoms with E-state index in [4.69, 9.17) is 5.26 Å². The molecule has 0 radical (unpaired) electrons. The summed E-state index contributed by atoms with van der Waals surface area (Å²) in [5.41, 5.74) is 0. The maximum atomic E-state index is 8.87. The molecule has 0 aromatic carbocycles. The smallest absolute Gasteiger partial charge is 0.0945 e. The highest BCUT2D eigenvalue weighted by atomic mass is 15.2. The van der Waals surface area contributed by atoms with Gasteiger partial charge in [-0.05, 0) is 19.3 Å². The molecular weight excluding hydrogens is 212 g/mol. The molecule has 1 aliphatic rings. The molecular formula is C13H20N4. The summed E-state index contributed by atoms with van der Waals surface area (Å²) in [5, 5.41) is 8.87. The predicted molar refractivity (Wildman–Crippen MR) is 66.3 cm³/mol. The monoisotopic (exact) mass is 232 g/mol. The molecule has 0 aliphatic heterocycles. The molecule has 4 nitrogen and oxygen atoms in total. The molecule has 17 heavy (non-hydrogen) atoms. The third kappa shape index (κ3) is 3.57. The molecule has 92 valence electrons. The van der Waals surface area contributed by atoms with Gasteiger partial charge in [0.2, 0.25) is 0 Å². The zero-order valence-corrected chi connectivity index (χ0v) is 10.3. The summed E-state index contributed by atoms with van der Waals surface area (Å²) in [7, 11) is 0. The number of rotatable bonds is 6. The van der Waals surface area contributed by atoms with Gasteiger partial charge in [0.1, 0.15) is 0 Å². The number of nitriles is 1. The van der Waals surface area contributed by atoms with Crippen LogP contribution in [-0.2, 0) is 6.54 Å². The van der Waals surface area contributed by atoms with Gasteiger partial charge in [-0.15, -0.1) is 0 Å². The van der Waals surface area contributed by atoms with Gasteiger partial charge >= 0.3 is 0 Å². The fourth-order valence-corrected chi connectivity index (χ4v) is 2.63. The van der Waals surface area contributed by atoms with Crippen LogP contribution >= 0.6 is 0 Å². The Hall–Kier alpha value is -1.34. The average Bonchev–Trinajstić information content (AvgIpc) is 3.01. The number of imidazole rings is 1. The van der Waals surface area contributed by atoms with E-state index in [0.29, 0.717) is 12.6 Å². The first-order valence-corrected chi connectivity index (χ1v) is 6.47. The Kier molecular flexibility index (Phi) is 4.57. The van der Waals surface area contributed by atoms with Gasteiger partial charge in [0.05, 0.1) is 18.9 Å². The van der Waals surface area contributed by atoms with Gasteiger partial charge in [-0.1, -0.05) is 12.8 Å². The van der Waals surface area contributed by atoms with Crippen LogP contribution in [-0.4, -0.2) is 33.6 Å². The highest BCUT2D eigenvalue weighted by Gasteiger charge is 2.21. The first kappa shape index (κ1) is 12.1. The number of nitrogens with zero attached hydrogens (tertiary/aromatic N) is 4. The molecule has 1 saturated carbocycles. The summed E-state index contributed by atoms with van der Waals surface area (Å²) in [5.74, 6) is 0. The molecule has 1 aliphatic carbocycles. The molecule has 1 fully saturated rings. The van der Waals surface area contributed by atoms with Gasteiger partial charge < -0.3 is 4.57 Å². The minimum Gasteiger partial charge on any atom is -0.337 e. The maximum absolute atomic E-state index is 8.87. The summed E-state index contributed by atoms with van der Waals surface area (Å²) in [6.45, 7) is 2.60. The van der Waals surface area contributed by atoms with Crippen LogP contribution in [0.3, 0.4) is 0 Å². The van der Waals surface area contributed by atoms with E-state index in [-0.39, 0.29) is 0 Å². The fraction of sp³-hybridized carbons (Fsp3) is 0.692. The molecule has 1 aromatic heterocycles. The largest absolute Gasteiger partial charge is 0.337 e. The Balaban J connectivity index is 1.75. The van der Waals surface area contributed by atoms with Crippen LogP contribution in [0.15, 0.2) is 18.7 Å². The lowest BCUT2D eigenvalue weighted by atomic mass is 10.2. The summed E-state index contributed by atoms with van der Waals surface area (Å²) < 4.78 is 2.10. The van der Waals surface area contributed by atoms with E-state index < -0.39 is 0 Å². The van der Waals surface area contributed by atoms with Crippen molar-refractivity contribution in [1.82, 2.24) is 14.5 Å². The van der Waals surface area contributed by atoms with Crippen molar-refractivity contribution >= 4 is 0 Å². The zero-order valence-electron chi connectivity index (χ0n) is 10.3. The van der Waals surface area contributed by atoms with Crippen molar-refractivity contribution in [3.63, 3.8) is 0 Å². The van der Waals surface area contributed by atoms with E-state index in [1.807, 2.05) is 18.7 Å². The molecule has 1 heterocycles. The van der Waals surface area contributed by atoms with Crippen molar-refractivity contribution in [3.8, 4) is 6.07 Å². The second-order valence-electron chi connectivity index (χ2n) is 4.72. The van der Waals surface area contributed by atoms with Gasteiger partial charge in [0.15, 0.2) is 0 Å². The quantitative estimate of drug-likeness (QED) is 0.705. The SMILES string of the molecule is N#CCN(CCCn1ccnc1)C1CCCC1. The number of hydrogen-bond donors (Lipinski definition) is 0. The second-order valence-corrected chi connectivity index (χ2v) is 4.72. The molecule has 1 aromatic rings. The van der Waals surface area contributed by atoms with Crippen molar-refractivity contribution in [1.29, 1.82) is 5.26 Å². The Labute approximate surface area is 103 Å². The number of hydrogen-bond acceptors (Lipinski definition) is 3. The van der Waals surface area contributed by atoms with E-state index in [2.05, 4.69) is 20.5 Å². The molecule has 0 amide bonds. The van der Waals surface area contributed by atoms with Crippen molar-refractivity contribution < 1.29 is 0 Å². The highest BCUT2D eigenvalue weighted by Crippen LogP contribution is 2.23. The van der Waals surface area contributed by atoms with E-state index in [9.17, 15) is 0 Å². The van der Waals surface area contributed by atoms with Gasteiger partial charge in [0, 0.05) is 31.5 Å². The summed E-state index contributed by atoms with van der Waals surface area (Å²) >= 11 is 0. The van der Waals surface area contributed by atoms with Gasteiger partial charge in [-0.25, -0.2) is 4.98 Å². The number of aryl methyl sites for hydroxylation is 1. The third-order valence-corrected chi connectivity index (χ3v) is 3.54. The topological polar surface area (TPSA) is 44.9 Å². The Morgan fingerprint density at radius 1 is 1.41 bits per heavy atom. The molecule has 0 unspecified atom stereocenters. The van der Waals surface area contributed by atoms with Gasteiger partial charge in [-0.3, -0.25) is 4.90 Å². The van der Waals surface area contributed by atoms with Crippen molar-refractivity contribution in [3.05, 3.63) is 18.7 Å². The number of aromatic nitrogens is 2. The Morgan fingerprint density at radius 2 is 2.24 bits per heavy atom. The van der Waals surface area contributed by atoms with E-state index in [1.165, 1.54) is 25.7 Å². The van der Waals surface area contributed by atoms with Crippen LogP contribution in [0.4, 0.5) is 0 Å². The maximum Gasteiger partial charge on any atom is 0.0945 e. The Bertz CT molecular complexity index is 346. The predicted octanol–water partition coefficient (Wildman–Crippen LogP) is 2.04. The van der Waals surface area contributed by atoms with Crippen molar-refractivity contribution in [2.75, 3.05) is 13.1 Å². The Morgan fingerprint density at radius 3 is 2.88 bits per heavy atom. The van der Waals surface area contributed by atoms with Crippen molar-refractivity contribution in [2.45, 2.75) is 44.7 Å². The second kappa shape index (κ2) is 6.41. The van der Waals surface area contributed by atoms with E-state index in [0.717, 1.165) is 19.5 Å². The summed E-state index contributed by atoms with van der Waals surface area (Å²) in [4.78, 5) is 6.38. The molecule has 0 saturated heterocycles. The average molecular weight is 232 g/mol. The normalized spacial score (nSPS) is 16.5. The molecule has 0 spiro atoms. The lowest BCUT2D eigenvalue weighted by molar-refractivity contribution is 0.216. The highest BCUT2D eigenvalue weighted by molar-refractivity contribution is 4.84. The fourth-order valence-electron chi connectivity index (χ4n) is 2.63. The van der Waals surface area contributed by atoms with E-state index in [1.54, 1.807) is 0 Å². The molecule has 0 N–H and O–H groups in total. The van der Waals surface area contributed by atoms with Crippen LogP contribution in [0.5, 0.6) is 0 Å². The molecule has 0 bridgehead atoms. The summed E-state index contributed by atoms with van der Waals surface area (Å²) in [6, 6.07) is 2.95. The van der Waals surface area contributed by atoms with Crippen LogP contribution in [0.1, 0.15) is 32.1 Å². The van der Waals surface area contributed by atoms with Crippen LogP contribution in [0.2, 0.25) is 0 Å². The van der Waals surface area contributed by atoms with Gasteiger partial charge in [-0.2, -0.15) is 5.26 Å². The van der Waals surface area contributed by atoms with Crippen molar-refractivity contribution in [2.24, 2.45) is 0 Å². The zero-order chi connectivity index (χ0) is 11.9. The minimum atomic E-state index is 0.578. The van der Waals surface area contributed by atoms with Gasteiger partial charge in [0.25, 0.3) is 0 Å².